The molecule has 1 amide bonds. The SMILES string of the molecule is CC1(C(=N)N=C2C=C(F)NC(=O)C2)CCNCC1. The van der Waals surface area contributed by atoms with Crippen LogP contribution in [-0.2, 0) is 4.79 Å². The van der Waals surface area contributed by atoms with E-state index in [9.17, 15) is 9.18 Å². The molecule has 0 unspecified atom stereocenters. The summed E-state index contributed by atoms with van der Waals surface area (Å²) in [7, 11) is 0. The van der Waals surface area contributed by atoms with Crippen LogP contribution in [0.2, 0.25) is 0 Å². The van der Waals surface area contributed by atoms with Crippen molar-refractivity contribution in [2.75, 3.05) is 13.1 Å². The van der Waals surface area contributed by atoms with Gasteiger partial charge in [0.15, 0.2) is 5.95 Å². The summed E-state index contributed by atoms with van der Waals surface area (Å²) in [6.07, 6.45) is 2.88. The minimum Gasteiger partial charge on any atom is -0.317 e. The first-order valence-corrected chi connectivity index (χ1v) is 6.04. The van der Waals surface area contributed by atoms with Crippen molar-refractivity contribution in [2.45, 2.75) is 26.2 Å². The van der Waals surface area contributed by atoms with Crippen molar-refractivity contribution in [1.82, 2.24) is 10.6 Å². The summed E-state index contributed by atoms with van der Waals surface area (Å²) in [5.41, 5.74) is 0.0391. The number of halogens is 1. The number of piperidine rings is 1. The highest BCUT2D eigenvalue weighted by Gasteiger charge is 2.32. The summed E-state index contributed by atoms with van der Waals surface area (Å²) in [6.45, 7) is 3.70. The van der Waals surface area contributed by atoms with E-state index in [1.165, 1.54) is 6.08 Å². The second-order valence-electron chi connectivity index (χ2n) is 4.98. The third-order valence-electron chi connectivity index (χ3n) is 3.43. The maximum atomic E-state index is 13.0. The van der Waals surface area contributed by atoms with Gasteiger partial charge in [-0.2, -0.15) is 4.39 Å². The first-order chi connectivity index (χ1) is 8.49. The summed E-state index contributed by atoms with van der Waals surface area (Å²) < 4.78 is 13.0. The Morgan fingerprint density at radius 2 is 2.17 bits per heavy atom. The first-order valence-electron chi connectivity index (χ1n) is 6.04. The molecule has 0 aromatic carbocycles. The molecule has 5 nitrogen and oxygen atoms in total. The smallest absolute Gasteiger partial charge is 0.232 e. The van der Waals surface area contributed by atoms with Crippen molar-refractivity contribution in [3.63, 3.8) is 0 Å². The Labute approximate surface area is 105 Å². The summed E-state index contributed by atoms with van der Waals surface area (Å²) in [5, 5.41) is 13.3. The second kappa shape index (κ2) is 4.97. The first kappa shape index (κ1) is 12.9. The number of amides is 1. The minimum atomic E-state index is -0.701. The highest BCUT2D eigenvalue weighted by Crippen LogP contribution is 2.30. The van der Waals surface area contributed by atoms with Crippen LogP contribution in [0.15, 0.2) is 17.0 Å². The van der Waals surface area contributed by atoms with Crippen LogP contribution >= 0.6 is 0 Å². The molecule has 18 heavy (non-hydrogen) atoms. The zero-order chi connectivity index (χ0) is 13.2. The topological polar surface area (TPSA) is 77.3 Å². The van der Waals surface area contributed by atoms with Crippen LogP contribution in [0.1, 0.15) is 26.2 Å². The molecule has 0 bridgehead atoms. The van der Waals surface area contributed by atoms with Gasteiger partial charge in [-0.25, -0.2) is 4.99 Å². The molecule has 1 fully saturated rings. The van der Waals surface area contributed by atoms with Crippen molar-refractivity contribution in [3.05, 3.63) is 12.0 Å². The number of nitrogens with zero attached hydrogens (tertiary/aromatic N) is 1. The fourth-order valence-electron chi connectivity index (χ4n) is 2.14. The number of allylic oxidation sites excluding steroid dienone is 1. The van der Waals surface area contributed by atoms with Crippen LogP contribution in [-0.4, -0.2) is 30.5 Å². The Morgan fingerprint density at radius 3 is 2.78 bits per heavy atom. The minimum absolute atomic E-state index is 0.0319. The van der Waals surface area contributed by atoms with Crippen molar-refractivity contribution >= 4 is 17.5 Å². The van der Waals surface area contributed by atoms with E-state index in [0.29, 0.717) is 5.71 Å². The average molecular weight is 252 g/mol. The number of hydrogen-bond acceptors (Lipinski definition) is 3. The van der Waals surface area contributed by atoms with Crippen LogP contribution in [0.5, 0.6) is 0 Å². The van der Waals surface area contributed by atoms with Crippen LogP contribution in [0.3, 0.4) is 0 Å². The summed E-state index contributed by atoms with van der Waals surface area (Å²) in [4.78, 5) is 15.3. The molecule has 6 heteroatoms. The van der Waals surface area contributed by atoms with E-state index in [-0.39, 0.29) is 17.7 Å². The number of carbonyl (C=O) groups is 1. The van der Waals surface area contributed by atoms with E-state index in [1.54, 1.807) is 0 Å². The van der Waals surface area contributed by atoms with E-state index < -0.39 is 11.9 Å². The Hall–Kier alpha value is -1.56. The van der Waals surface area contributed by atoms with Gasteiger partial charge in [-0.3, -0.25) is 10.2 Å². The zero-order valence-corrected chi connectivity index (χ0v) is 10.3. The molecule has 0 atom stereocenters. The summed E-state index contributed by atoms with van der Waals surface area (Å²) >= 11 is 0. The third kappa shape index (κ3) is 2.81. The van der Waals surface area contributed by atoms with E-state index in [4.69, 9.17) is 5.41 Å². The van der Waals surface area contributed by atoms with Crippen molar-refractivity contribution in [2.24, 2.45) is 10.4 Å². The lowest BCUT2D eigenvalue weighted by Gasteiger charge is -2.32. The van der Waals surface area contributed by atoms with Crippen LogP contribution < -0.4 is 10.6 Å². The van der Waals surface area contributed by atoms with Crippen LogP contribution in [0, 0.1) is 10.8 Å². The van der Waals surface area contributed by atoms with Gasteiger partial charge in [-0.15, -0.1) is 0 Å². The fourth-order valence-corrected chi connectivity index (χ4v) is 2.14. The van der Waals surface area contributed by atoms with Crippen molar-refractivity contribution in [3.8, 4) is 0 Å². The normalized spacial score (nSPS) is 25.6. The lowest BCUT2D eigenvalue weighted by Crippen LogP contribution is -2.39. The largest absolute Gasteiger partial charge is 0.317 e. The van der Waals surface area contributed by atoms with Gasteiger partial charge in [0, 0.05) is 11.5 Å². The van der Waals surface area contributed by atoms with Gasteiger partial charge in [0.25, 0.3) is 0 Å². The molecule has 0 aromatic rings. The summed E-state index contributed by atoms with van der Waals surface area (Å²) in [6, 6.07) is 0. The maximum Gasteiger partial charge on any atom is 0.232 e. The van der Waals surface area contributed by atoms with E-state index in [2.05, 4.69) is 15.6 Å². The average Bonchev–Trinajstić information content (AvgIpc) is 2.28. The molecule has 0 aliphatic carbocycles. The van der Waals surface area contributed by atoms with Crippen molar-refractivity contribution in [1.29, 1.82) is 5.41 Å². The predicted octanol–water partition coefficient (Wildman–Crippen LogP) is 1.13. The molecule has 0 radical (unpaired) electrons. The lowest BCUT2D eigenvalue weighted by atomic mass is 9.80. The Kier molecular flexibility index (Phi) is 3.56. The van der Waals surface area contributed by atoms with Gasteiger partial charge in [0.2, 0.25) is 5.91 Å². The fraction of sp³-hybridized carbons (Fsp3) is 0.583. The van der Waals surface area contributed by atoms with E-state index >= 15 is 0 Å². The van der Waals surface area contributed by atoms with Gasteiger partial charge in [0.05, 0.1) is 12.1 Å². The number of amidine groups is 1. The number of nitrogens with one attached hydrogen (secondary N) is 3. The second-order valence-corrected chi connectivity index (χ2v) is 4.98. The Morgan fingerprint density at radius 1 is 1.50 bits per heavy atom. The standard InChI is InChI=1S/C12H17FN4O/c1-12(2-4-15-5-3-12)11(14)16-8-6-9(13)17-10(18)7-8/h6,14-15H,2-5,7H2,1H3,(H,17,18). The number of rotatable bonds is 1. The number of carbonyl (C=O) groups excluding carboxylic acids is 1. The van der Waals surface area contributed by atoms with E-state index in [1.807, 2.05) is 6.92 Å². The monoisotopic (exact) mass is 252 g/mol. The third-order valence-corrected chi connectivity index (χ3v) is 3.43. The Balaban J connectivity index is 2.14. The molecule has 2 aliphatic heterocycles. The van der Waals surface area contributed by atoms with Gasteiger partial charge in [-0.1, -0.05) is 6.92 Å². The molecule has 0 saturated carbocycles. The Bertz CT molecular complexity index is 435. The summed E-state index contributed by atoms with van der Waals surface area (Å²) in [5.74, 6) is -0.886. The van der Waals surface area contributed by atoms with E-state index in [0.717, 1.165) is 25.9 Å². The van der Waals surface area contributed by atoms with Gasteiger partial charge in [0.1, 0.15) is 5.84 Å². The highest BCUT2D eigenvalue weighted by atomic mass is 19.1. The van der Waals surface area contributed by atoms with Gasteiger partial charge in [-0.05, 0) is 25.9 Å². The maximum absolute atomic E-state index is 13.0. The van der Waals surface area contributed by atoms with Gasteiger partial charge < -0.3 is 10.6 Å². The lowest BCUT2D eigenvalue weighted by molar-refractivity contribution is -0.119. The van der Waals surface area contributed by atoms with Crippen LogP contribution in [0.25, 0.3) is 0 Å². The molecule has 2 aliphatic rings. The molecule has 0 aromatic heterocycles. The molecule has 0 spiro atoms. The molecule has 98 valence electrons. The molecular weight excluding hydrogens is 235 g/mol. The van der Waals surface area contributed by atoms with Gasteiger partial charge >= 0.3 is 0 Å². The predicted molar refractivity (Wildman–Crippen MR) is 67.3 cm³/mol. The zero-order valence-electron chi connectivity index (χ0n) is 10.3. The van der Waals surface area contributed by atoms with Crippen LogP contribution in [0.4, 0.5) is 4.39 Å². The molecular formula is C12H17FN4O. The number of hydrogen-bond donors (Lipinski definition) is 3. The molecule has 3 N–H and O–H groups in total. The number of aliphatic imine (C=N–C) groups is 1. The van der Waals surface area contributed by atoms with Crippen molar-refractivity contribution < 1.29 is 9.18 Å². The molecule has 1 saturated heterocycles. The quantitative estimate of drug-likeness (QED) is 0.371. The highest BCUT2D eigenvalue weighted by molar-refractivity contribution is 6.14. The molecule has 2 rings (SSSR count). The molecule has 2 heterocycles.